The quantitative estimate of drug-likeness (QED) is 0.750. The zero-order chi connectivity index (χ0) is 10.4. The van der Waals surface area contributed by atoms with Gasteiger partial charge in [0.1, 0.15) is 0 Å². The molecule has 0 amide bonds. The van der Waals surface area contributed by atoms with Crippen molar-refractivity contribution in [2.45, 2.75) is 31.3 Å². The van der Waals surface area contributed by atoms with Gasteiger partial charge in [-0.3, -0.25) is 0 Å². The van der Waals surface area contributed by atoms with E-state index in [2.05, 4.69) is 44.2 Å². The van der Waals surface area contributed by atoms with Crippen molar-refractivity contribution in [2.75, 3.05) is 0 Å². The van der Waals surface area contributed by atoms with Crippen LogP contribution < -0.4 is 0 Å². The molecule has 0 fully saturated rings. The number of thioether (sulfide) groups is 1. The minimum Gasteiger partial charge on any atom is -0.198 e. The van der Waals surface area contributed by atoms with Crippen LogP contribution in [0.2, 0.25) is 0 Å². The number of hydrogen-bond acceptors (Lipinski definition) is 2. The van der Waals surface area contributed by atoms with Gasteiger partial charge >= 0.3 is 0 Å². The predicted molar refractivity (Wildman–Crippen MR) is 62.2 cm³/mol. The first-order valence-electron chi connectivity index (χ1n) is 4.76. The van der Waals surface area contributed by atoms with Gasteiger partial charge in [0, 0.05) is 17.4 Å². The van der Waals surface area contributed by atoms with Gasteiger partial charge in [-0.05, 0) is 12.5 Å². The number of nitriles is 1. The predicted octanol–water partition coefficient (Wildman–Crippen LogP) is 3.53. The SMILES string of the molecule is Cc1cccc(CSC(C)CC#N)c1. The molecule has 1 unspecified atom stereocenters. The first-order valence-corrected chi connectivity index (χ1v) is 5.81. The Hall–Kier alpha value is -0.940. The van der Waals surface area contributed by atoms with E-state index >= 15 is 0 Å². The molecule has 0 heterocycles. The average Bonchev–Trinajstić information content (AvgIpc) is 2.15. The molecule has 0 bridgehead atoms. The van der Waals surface area contributed by atoms with Crippen molar-refractivity contribution in [1.82, 2.24) is 0 Å². The van der Waals surface area contributed by atoms with Crippen LogP contribution in [-0.2, 0) is 5.75 Å². The summed E-state index contributed by atoms with van der Waals surface area (Å²) in [4.78, 5) is 0. The lowest BCUT2D eigenvalue weighted by Crippen LogP contribution is -1.94. The van der Waals surface area contributed by atoms with Crippen LogP contribution in [-0.4, -0.2) is 5.25 Å². The Morgan fingerprint density at radius 2 is 2.29 bits per heavy atom. The van der Waals surface area contributed by atoms with Crippen molar-refractivity contribution >= 4 is 11.8 Å². The van der Waals surface area contributed by atoms with Gasteiger partial charge in [-0.2, -0.15) is 17.0 Å². The Bertz CT molecular complexity index is 327. The fourth-order valence-corrected chi connectivity index (χ4v) is 2.08. The first-order chi connectivity index (χ1) is 6.72. The van der Waals surface area contributed by atoms with Crippen LogP contribution >= 0.6 is 11.8 Å². The summed E-state index contributed by atoms with van der Waals surface area (Å²) in [6.07, 6.45) is 0.635. The van der Waals surface area contributed by atoms with Crippen molar-refractivity contribution in [3.63, 3.8) is 0 Å². The average molecular weight is 205 g/mol. The summed E-state index contributed by atoms with van der Waals surface area (Å²) >= 11 is 1.84. The third-order valence-corrected chi connectivity index (χ3v) is 3.23. The van der Waals surface area contributed by atoms with Crippen molar-refractivity contribution in [3.8, 4) is 6.07 Å². The van der Waals surface area contributed by atoms with Crippen LogP contribution in [0.3, 0.4) is 0 Å². The summed E-state index contributed by atoms with van der Waals surface area (Å²) < 4.78 is 0. The normalized spacial score (nSPS) is 12.1. The molecule has 0 saturated carbocycles. The van der Waals surface area contributed by atoms with Crippen LogP contribution in [0, 0.1) is 18.3 Å². The minimum atomic E-state index is 0.431. The van der Waals surface area contributed by atoms with Crippen molar-refractivity contribution in [2.24, 2.45) is 0 Å². The summed E-state index contributed by atoms with van der Waals surface area (Å²) in [6, 6.07) is 10.7. The highest BCUT2D eigenvalue weighted by Crippen LogP contribution is 2.19. The lowest BCUT2D eigenvalue weighted by molar-refractivity contribution is 0.988. The summed E-state index contributed by atoms with van der Waals surface area (Å²) in [5, 5.41) is 8.95. The van der Waals surface area contributed by atoms with E-state index in [4.69, 9.17) is 5.26 Å². The van der Waals surface area contributed by atoms with Gasteiger partial charge in [-0.25, -0.2) is 0 Å². The van der Waals surface area contributed by atoms with Gasteiger partial charge in [-0.1, -0.05) is 36.8 Å². The molecule has 0 radical (unpaired) electrons. The number of nitrogens with zero attached hydrogens (tertiary/aromatic N) is 1. The van der Waals surface area contributed by atoms with Crippen molar-refractivity contribution < 1.29 is 0 Å². The highest BCUT2D eigenvalue weighted by molar-refractivity contribution is 7.99. The Morgan fingerprint density at radius 1 is 1.50 bits per heavy atom. The molecular formula is C12H15NS. The molecule has 14 heavy (non-hydrogen) atoms. The highest BCUT2D eigenvalue weighted by atomic mass is 32.2. The lowest BCUT2D eigenvalue weighted by atomic mass is 10.2. The third kappa shape index (κ3) is 3.85. The van der Waals surface area contributed by atoms with E-state index in [1.54, 1.807) is 0 Å². The molecule has 0 aromatic heterocycles. The number of aryl methyl sites for hydroxylation is 1. The number of benzene rings is 1. The van der Waals surface area contributed by atoms with E-state index in [9.17, 15) is 0 Å². The van der Waals surface area contributed by atoms with Crippen molar-refractivity contribution in [3.05, 3.63) is 35.4 Å². The Kier molecular flexibility index (Phi) is 4.55. The fourth-order valence-electron chi connectivity index (χ4n) is 1.23. The third-order valence-electron chi connectivity index (χ3n) is 2.00. The largest absolute Gasteiger partial charge is 0.198 e. The zero-order valence-electron chi connectivity index (χ0n) is 8.66. The summed E-state index contributed by atoms with van der Waals surface area (Å²) in [5.74, 6) is 1.00. The smallest absolute Gasteiger partial charge is 0.0633 e. The van der Waals surface area contributed by atoms with E-state index in [0.717, 1.165) is 5.75 Å². The molecule has 0 N–H and O–H groups in total. The van der Waals surface area contributed by atoms with Crippen LogP contribution in [0.15, 0.2) is 24.3 Å². The maximum absolute atomic E-state index is 8.51. The maximum atomic E-state index is 8.51. The second kappa shape index (κ2) is 5.72. The topological polar surface area (TPSA) is 23.8 Å². The first kappa shape index (κ1) is 11.1. The second-order valence-corrected chi connectivity index (χ2v) is 4.90. The van der Waals surface area contributed by atoms with Crippen LogP contribution in [0.1, 0.15) is 24.5 Å². The van der Waals surface area contributed by atoms with Gasteiger partial charge in [0.15, 0.2) is 0 Å². The molecule has 1 atom stereocenters. The Balaban J connectivity index is 2.42. The number of rotatable bonds is 4. The van der Waals surface area contributed by atoms with Gasteiger partial charge in [-0.15, -0.1) is 0 Å². The minimum absolute atomic E-state index is 0.431. The molecule has 0 saturated heterocycles. The highest BCUT2D eigenvalue weighted by Gasteiger charge is 2.01. The number of hydrogen-bond donors (Lipinski definition) is 0. The molecule has 1 rings (SSSR count). The van der Waals surface area contributed by atoms with Crippen LogP contribution in [0.5, 0.6) is 0 Å². The molecule has 0 aliphatic carbocycles. The van der Waals surface area contributed by atoms with Gasteiger partial charge in [0.05, 0.1) is 6.07 Å². The van der Waals surface area contributed by atoms with Crippen LogP contribution in [0.4, 0.5) is 0 Å². The van der Waals surface area contributed by atoms with E-state index < -0.39 is 0 Å². The summed E-state index contributed by atoms with van der Waals surface area (Å²) in [6.45, 7) is 4.20. The molecular weight excluding hydrogens is 190 g/mol. The molecule has 1 nitrogen and oxygen atoms in total. The summed E-state index contributed by atoms with van der Waals surface area (Å²) in [7, 11) is 0. The van der Waals surface area contributed by atoms with Crippen LogP contribution in [0.25, 0.3) is 0 Å². The second-order valence-electron chi connectivity index (χ2n) is 3.47. The fraction of sp³-hybridized carbons (Fsp3) is 0.417. The monoisotopic (exact) mass is 205 g/mol. The standard InChI is InChI=1S/C12H15NS/c1-10-4-3-5-12(8-10)9-14-11(2)6-7-13/h3-5,8,11H,6,9H2,1-2H3. The van der Waals surface area contributed by atoms with Gasteiger partial charge < -0.3 is 0 Å². The molecule has 74 valence electrons. The van der Waals surface area contributed by atoms with E-state index in [1.807, 2.05) is 11.8 Å². The summed E-state index contributed by atoms with van der Waals surface area (Å²) in [5.41, 5.74) is 2.65. The maximum Gasteiger partial charge on any atom is 0.0633 e. The van der Waals surface area contributed by atoms with Gasteiger partial charge in [0.2, 0.25) is 0 Å². The van der Waals surface area contributed by atoms with Crippen molar-refractivity contribution in [1.29, 1.82) is 5.26 Å². The van der Waals surface area contributed by atoms with E-state index in [0.29, 0.717) is 11.7 Å². The molecule has 0 spiro atoms. The van der Waals surface area contributed by atoms with E-state index in [-0.39, 0.29) is 0 Å². The molecule has 1 aromatic rings. The molecule has 0 aliphatic heterocycles. The molecule has 1 aromatic carbocycles. The zero-order valence-corrected chi connectivity index (χ0v) is 9.47. The van der Waals surface area contributed by atoms with Gasteiger partial charge in [0.25, 0.3) is 0 Å². The Labute approximate surface area is 90.1 Å². The Morgan fingerprint density at radius 3 is 2.93 bits per heavy atom. The molecule has 0 aliphatic rings. The molecule has 2 heteroatoms. The lowest BCUT2D eigenvalue weighted by Gasteiger charge is -2.07. The van der Waals surface area contributed by atoms with E-state index in [1.165, 1.54) is 11.1 Å².